The summed E-state index contributed by atoms with van der Waals surface area (Å²) in [6.07, 6.45) is 4.34. The van der Waals surface area contributed by atoms with E-state index < -0.39 is 0 Å². The normalized spacial score (nSPS) is 11.2. The van der Waals surface area contributed by atoms with Crippen molar-refractivity contribution >= 4 is 11.2 Å². The monoisotopic (exact) mass is 236 g/mol. The zero-order valence-electron chi connectivity index (χ0n) is 10.1. The fourth-order valence-electron chi connectivity index (χ4n) is 1.91. The number of nitrogens with one attached hydrogen (secondary N) is 1. The summed E-state index contributed by atoms with van der Waals surface area (Å²) in [6, 6.07) is 0. The Morgan fingerprint density at radius 3 is 2.82 bits per heavy atom. The molecule has 0 aliphatic carbocycles. The van der Waals surface area contributed by atoms with E-state index in [4.69, 9.17) is 0 Å². The number of hydrogen-bond donors (Lipinski definition) is 1. The van der Waals surface area contributed by atoms with E-state index in [1.807, 2.05) is 0 Å². The Balaban J connectivity index is 2.55. The van der Waals surface area contributed by atoms with Crippen molar-refractivity contribution in [2.75, 3.05) is 0 Å². The maximum atomic E-state index is 12.0. The molecule has 0 aromatic carbocycles. The van der Waals surface area contributed by atoms with Crippen LogP contribution in [-0.4, -0.2) is 19.1 Å². The third-order valence-electron chi connectivity index (χ3n) is 2.90. The molecule has 1 N–H and O–H groups in total. The number of aromatic amines is 1. The molecule has 0 bridgehead atoms. The number of fused-ring (bicyclic) bond motifs is 1. The van der Waals surface area contributed by atoms with Gasteiger partial charge in [0.2, 0.25) is 0 Å². The molecular weight excluding hydrogens is 220 g/mol. The van der Waals surface area contributed by atoms with Gasteiger partial charge in [0.15, 0.2) is 5.65 Å². The van der Waals surface area contributed by atoms with E-state index in [0.717, 1.165) is 19.3 Å². The van der Waals surface area contributed by atoms with Gasteiger partial charge in [-0.2, -0.15) is 0 Å². The molecule has 0 unspecified atom stereocenters. The molecule has 17 heavy (non-hydrogen) atoms. The molecule has 2 heterocycles. The van der Waals surface area contributed by atoms with Crippen LogP contribution in [0.3, 0.4) is 0 Å². The molecule has 0 fully saturated rings. The first-order chi connectivity index (χ1) is 8.16. The van der Waals surface area contributed by atoms with Gasteiger partial charge in [-0.05, 0) is 6.42 Å². The van der Waals surface area contributed by atoms with Crippen LogP contribution in [0.4, 0.5) is 0 Å². The summed E-state index contributed by atoms with van der Waals surface area (Å²) in [4.78, 5) is 30.8. The highest BCUT2D eigenvalue weighted by molar-refractivity contribution is 5.68. The molecule has 6 heteroatoms. The van der Waals surface area contributed by atoms with Crippen molar-refractivity contribution in [1.82, 2.24) is 19.1 Å². The predicted molar refractivity (Wildman–Crippen MR) is 65.1 cm³/mol. The molecular formula is C11H16N4O2. The minimum Gasteiger partial charge on any atom is -0.339 e. The van der Waals surface area contributed by atoms with E-state index in [1.54, 1.807) is 7.05 Å². The largest absolute Gasteiger partial charge is 0.339 e. The predicted octanol–water partition coefficient (Wildman–Crippen LogP) is 0.614. The van der Waals surface area contributed by atoms with Gasteiger partial charge in [0.25, 0.3) is 5.56 Å². The Labute approximate surface area is 97.9 Å². The van der Waals surface area contributed by atoms with Crippen LogP contribution in [-0.2, 0) is 13.6 Å². The maximum absolute atomic E-state index is 12.0. The van der Waals surface area contributed by atoms with Crippen molar-refractivity contribution in [3.63, 3.8) is 0 Å². The second kappa shape index (κ2) is 4.57. The summed E-state index contributed by atoms with van der Waals surface area (Å²) in [5.41, 5.74) is 0.220. The Bertz CT molecular complexity index is 635. The van der Waals surface area contributed by atoms with Gasteiger partial charge in [0.1, 0.15) is 5.52 Å². The smallest absolute Gasteiger partial charge is 0.332 e. The van der Waals surface area contributed by atoms with Gasteiger partial charge < -0.3 is 4.98 Å². The first kappa shape index (κ1) is 11.6. The van der Waals surface area contributed by atoms with Crippen LogP contribution in [0.25, 0.3) is 11.2 Å². The second-order valence-corrected chi connectivity index (χ2v) is 4.11. The van der Waals surface area contributed by atoms with Crippen LogP contribution >= 0.6 is 0 Å². The summed E-state index contributed by atoms with van der Waals surface area (Å²) in [6.45, 7) is 2.55. The highest BCUT2D eigenvalue weighted by atomic mass is 16.2. The topological polar surface area (TPSA) is 72.7 Å². The quantitative estimate of drug-likeness (QED) is 0.791. The van der Waals surface area contributed by atoms with Gasteiger partial charge in [-0.1, -0.05) is 19.8 Å². The van der Waals surface area contributed by atoms with Crippen molar-refractivity contribution < 1.29 is 0 Å². The Hall–Kier alpha value is -1.85. The highest BCUT2D eigenvalue weighted by Crippen LogP contribution is 2.00. The lowest BCUT2D eigenvalue weighted by Gasteiger charge is -2.06. The van der Waals surface area contributed by atoms with Crippen molar-refractivity contribution in [3.8, 4) is 0 Å². The number of imidazole rings is 1. The standard InChI is InChI=1S/C11H16N4O2/c1-3-4-5-6-15-10(16)8-9(13-7-12-8)14(2)11(15)17/h7H,3-6H2,1-2H3,(H,12,13). The number of rotatable bonds is 4. The Morgan fingerprint density at radius 1 is 1.35 bits per heavy atom. The summed E-state index contributed by atoms with van der Waals surface area (Å²) >= 11 is 0. The summed E-state index contributed by atoms with van der Waals surface area (Å²) in [7, 11) is 1.63. The molecule has 0 saturated heterocycles. The first-order valence-electron chi connectivity index (χ1n) is 5.79. The van der Waals surface area contributed by atoms with Gasteiger partial charge in [0, 0.05) is 13.6 Å². The zero-order chi connectivity index (χ0) is 12.4. The SMILES string of the molecule is CCCCCn1c(=O)c2[nH]cnc2n(C)c1=O. The van der Waals surface area contributed by atoms with Crippen LogP contribution < -0.4 is 11.2 Å². The van der Waals surface area contributed by atoms with Crippen molar-refractivity contribution in [1.29, 1.82) is 0 Å². The lowest BCUT2D eigenvalue weighted by atomic mass is 10.2. The third-order valence-corrected chi connectivity index (χ3v) is 2.90. The molecule has 0 aliphatic rings. The molecule has 2 rings (SSSR count). The fourth-order valence-corrected chi connectivity index (χ4v) is 1.91. The average molecular weight is 236 g/mol. The van der Waals surface area contributed by atoms with Crippen LogP contribution in [0.1, 0.15) is 26.2 Å². The van der Waals surface area contributed by atoms with E-state index >= 15 is 0 Å². The Kier molecular flexibility index (Phi) is 3.12. The number of nitrogens with zero attached hydrogens (tertiary/aromatic N) is 3. The lowest BCUT2D eigenvalue weighted by molar-refractivity contribution is 0.550. The summed E-state index contributed by atoms with van der Waals surface area (Å²) < 4.78 is 2.68. The molecule has 92 valence electrons. The summed E-state index contributed by atoms with van der Waals surface area (Å²) in [5.74, 6) is 0. The molecule has 0 aliphatic heterocycles. The van der Waals surface area contributed by atoms with Crippen molar-refractivity contribution in [2.45, 2.75) is 32.7 Å². The van der Waals surface area contributed by atoms with E-state index in [1.165, 1.54) is 15.5 Å². The van der Waals surface area contributed by atoms with Crippen LogP contribution in [0.2, 0.25) is 0 Å². The minimum absolute atomic E-state index is 0.281. The van der Waals surface area contributed by atoms with Gasteiger partial charge >= 0.3 is 5.69 Å². The van der Waals surface area contributed by atoms with Crippen LogP contribution in [0.5, 0.6) is 0 Å². The molecule has 0 atom stereocenters. The van der Waals surface area contributed by atoms with Crippen LogP contribution in [0, 0.1) is 0 Å². The fraction of sp³-hybridized carbons (Fsp3) is 0.545. The van der Waals surface area contributed by atoms with E-state index in [2.05, 4.69) is 16.9 Å². The number of aromatic nitrogens is 4. The Morgan fingerprint density at radius 2 is 2.12 bits per heavy atom. The van der Waals surface area contributed by atoms with Crippen molar-refractivity contribution in [2.24, 2.45) is 7.05 Å². The molecule has 0 spiro atoms. The zero-order valence-corrected chi connectivity index (χ0v) is 10.1. The highest BCUT2D eigenvalue weighted by Gasteiger charge is 2.11. The van der Waals surface area contributed by atoms with Gasteiger partial charge in [-0.25, -0.2) is 9.78 Å². The minimum atomic E-state index is -0.300. The molecule has 0 radical (unpaired) electrons. The van der Waals surface area contributed by atoms with Crippen molar-refractivity contribution in [3.05, 3.63) is 27.2 Å². The van der Waals surface area contributed by atoms with Crippen LogP contribution in [0.15, 0.2) is 15.9 Å². The molecule has 6 nitrogen and oxygen atoms in total. The van der Waals surface area contributed by atoms with E-state index in [9.17, 15) is 9.59 Å². The summed E-state index contributed by atoms with van der Waals surface area (Å²) in [5, 5.41) is 0. The van der Waals surface area contributed by atoms with Gasteiger partial charge in [0.05, 0.1) is 6.33 Å². The average Bonchev–Trinajstić information content (AvgIpc) is 2.80. The second-order valence-electron chi connectivity index (χ2n) is 4.11. The van der Waals surface area contributed by atoms with E-state index in [-0.39, 0.29) is 11.2 Å². The lowest BCUT2D eigenvalue weighted by Crippen LogP contribution is -2.39. The number of H-pyrrole nitrogens is 1. The third kappa shape index (κ3) is 1.90. The first-order valence-corrected chi connectivity index (χ1v) is 5.79. The number of aryl methyl sites for hydroxylation is 1. The maximum Gasteiger partial charge on any atom is 0.332 e. The van der Waals surface area contributed by atoms with E-state index in [0.29, 0.717) is 17.7 Å². The number of hydrogen-bond acceptors (Lipinski definition) is 3. The number of unbranched alkanes of at least 4 members (excludes halogenated alkanes) is 2. The molecule has 2 aromatic heterocycles. The van der Waals surface area contributed by atoms with Gasteiger partial charge in [-0.3, -0.25) is 13.9 Å². The van der Waals surface area contributed by atoms with Gasteiger partial charge in [-0.15, -0.1) is 0 Å². The molecule has 0 saturated carbocycles. The molecule has 0 amide bonds. The molecule has 2 aromatic rings.